The Morgan fingerprint density at radius 3 is 2.62 bits per heavy atom. The fourth-order valence-corrected chi connectivity index (χ4v) is 4.59. The molecule has 1 aromatic carbocycles. The summed E-state index contributed by atoms with van der Waals surface area (Å²) in [7, 11) is 0. The number of fused-ring (bicyclic) bond motifs is 1. The molecule has 1 aliphatic heterocycles. The predicted molar refractivity (Wildman–Crippen MR) is 134 cm³/mol. The van der Waals surface area contributed by atoms with Crippen molar-refractivity contribution in [2.75, 3.05) is 36.4 Å². The Balaban J connectivity index is 1.39. The molecule has 3 aromatic heterocycles. The molecule has 1 saturated heterocycles. The number of hydrogen-bond donors (Lipinski definition) is 2. The van der Waals surface area contributed by atoms with Crippen LogP contribution >= 0.6 is 0 Å². The first kappa shape index (κ1) is 23.4. The van der Waals surface area contributed by atoms with E-state index >= 15 is 0 Å². The summed E-state index contributed by atoms with van der Waals surface area (Å²) in [6, 6.07) is 9.33. The Labute approximate surface area is 210 Å². The van der Waals surface area contributed by atoms with Crippen molar-refractivity contribution in [2.45, 2.75) is 25.1 Å². The number of aromatic nitrogens is 4. The summed E-state index contributed by atoms with van der Waals surface area (Å²) in [5, 5.41) is 7.36. The number of halogens is 3. The maximum atomic E-state index is 12.9. The number of piperazine rings is 1. The van der Waals surface area contributed by atoms with Crippen molar-refractivity contribution >= 4 is 28.2 Å². The van der Waals surface area contributed by atoms with Crippen LogP contribution in [0.15, 0.2) is 55.0 Å². The zero-order valence-electron chi connectivity index (χ0n) is 19.8. The topological polar surface area (TPSA) is 88.1 Å². The number of nitrogens with zero attached hydrogens (tertiary/aromatic N) is 5. The summed E-state index contributed by atoms with van der Waals surface area (Å²) in [5.74, 6) is 1.88. The third-order valence-electron chi connectivity index (χ3n) is 6.44. The van der Waals surface area contributed by atoms with Gasteiger partial charge in [-0.05, 0) is 48.6 Å². The first-order valence-corrected chi connectivity index (χ1v) is 12.1. The van der Waals surface area contributed by atoms with Crippen LogP contribution in [0.25, 0.3) is 22.3 Å². The molecule has 1 saturated carbocycles. The van der Waals surface area contributed by atoms with Gasteiger partial charge in [0.1, 0.15) is 11.6 Å². The maximum Gasteiger partial charge on any atom is 0.573 e. The van der Waals surface area contributed by atoms with Crippen LogP contribution < -0.4 is 20.3 Å². The first-order chi connectivity index (χ1) is 17.9. The molecular formula is C26H24F3N7O. The van der Waals surface area contributed by atoms with Crippen molar-refractivity contribution < 1.29 is 17.9 Å². The average Bonchev–Trinajstić information content (AvgIpc) is 3.74. The molecule has 0 radical (unpaired) electrons. The van der Waals surface area contributed by atoms with Crippen LogP contribution in [0.1, 0.15) is 24.3 Å². The zero-order valence-corrected chi connectivity index (χ0v) is 19.8. The zero-order chi connectivity index (χ0) is 25.4. The van der Waals surface area contributed by atoms with Gasteiger partial charge in [-0.25, -0.2) is 15.0 Å². The third-order valence-corrected chi connectivity index (χ3v) is 6.44. The first-order valence-electron chi connectivity index (χ1n) is 12.1. The summed E-state index contributed by atoms with van der Waals surface area (Å²) in [6.07, 6.45) is 2.75. The molecule has 0 atom stereocenters. The summed E-state index contributed by atoms with van der Waals surface area (Å²) in [6.45, 7) is 3.40. The molecule has 0 bridgehead atoms. The Morgan fingerprint density at radius 1 is 1.03 bits per heavy atom. The summed E-state index contributed by atoms with van der Waals surface area (Å²) < 4.78 is 42.7. The van der Waals surface area contributed by atoms with E-state index in [4.69, 9.17) is 9.97 Å². The molecule has 0 unspecified atom stereocenters. The van der Waals surface area contributed by atoms with E-state index in [0.717, 1.165) is 55.7 Å². The van der Waals surface area contributed by atoms with Crippen LogP contribution in [-0.4, -0.2) is 52.5 Å². The summed E-state index contributed by atoms with van der Waals surface area (Å²) in [5.41, 5.74) is 2.79. The highest BCUT2D eigenvalue weighted by molar-refractivity contribution is 5.94. The number of anilines is 3. The van der Waals surface area contributed by atoms with Gasteiger partial charge in [-0.1, -0.05) is 12.1 Å². The lowest BCUT2D eigenvalue weighted by atomic mass is 10.1. The van der Waals surface area contributed by atoms with Gasteiger partial charge in [0.05, 0.1) is 17.4 Å². The number of pyridine rings is 2. The Kier molecular flexibility index (Phi) is 5.99. The minimum atomic E-state index is -4.81. The van der Waals surface area contributed by atoms with E-state index in [0.29, 0.717) is 23.1 Å². The van der Waals surface area contributed by atoms with Gasteiger partial charge in [0.15, 0.2) is 11.6 Å². The van der Waals surface area contributed by atoms with E-state index in [1.807, 2.05) is 6.20 Å². The second-order valence-corrected chi connectivity index (χ2v) is 9.10. The van der Waals surface area contributed by atoms with Gasteiger partial charge in [0.25, 0.3) is 0 Å². The van der Waals surface area contributed by atoms with E-state index in [2.05, 4.69) is 30.2 Å². The second-order valence-electron chi connectivity index (χ2n) is 9.10. The van der Waals surface area contributed by atoms with Gasteiger partial charge in [0, 0.05) is 49.5 Å². The molecule has 6 rings (SSSR count). The molecule has 2 aliphatic rings. The van der Waals surface area contributed by atoms with Crippen molar-refractivity contribution in [2.24, 2.45) is 0 Å². The molecule has 11 heteroatoms. The van der Waals surface area contributed by atoms with Gasteiger partial charge < -0.3 is 20.3 Å². The fourth-order valence-electron chi connectivity index (χ4n) is 4.59. The number of ether oxygens (including phenoxy) is 1. The average molecular weight is 508 g/mol. The van der Waals surface area contributed by atoms with Crippen LogP contribution in [-0.2, 0) is 0 Å². The van der Waals surface area contributed by atoms with Crippen LogP contribution in [0.3, 0.4) is 0 Å². The molecular weight excluding hydrogens is 483 g/mol. The molecule has 2 fully saturated rings. The van der Waals surface area contributed by atoms with Crippen LogP contribution in [0.4, 0.5) is 30.5 Å². The SMILES string of the molecule is FC(F)(F)Oc1ccccc1Nc1cc(-c2nc(N3CCNCC3)c3c(C4CC4)cncc3n2)ccn1. The highest BCUT2D eigenvalue weighted by atomic mass is 19.4. The minimum absolute atomic E-state index is 0.142. The van der Waals surface area contributed by atoms with Crippen molar-refractivity contribution in [1.29, 1.82) is 0 Å². The van der Waals surface area contributed by atoms with E-state index < -0.39 is 6.36 Å². The predicted octanol–water partition coefficient (Wildman–Crippen LogP) is 5.02. The van der Waals surface area contributed by atoms with Crippen LogP contribution in [0.5, 0.6) is 5.75 Å². The van der Waals surface area contributed by atoms with Crippen molar-refractivity contribution in [3.05, 3.63) is 60.6 Å². The van der Waals surface area contributed by atoms with Crippen LogP contribution in [0.2, 0.25) is 0 Å². The highest BCUT2D eigenvalue weighted by Crippen LogP contribution is 2.45. The molecule has 4 aromatic rings. The van der Waals surface area contributed by atoms with Crippen molar-refractivity contribution in [1.82, 2.24) is 25.3 Å². The molecule has 37 heavy (non-hydrogen) atoms. The smallest absolute Gasteiger partial charge is 0.404 e. The lowest BCUT2D eigenvalue weighted by molar-refractivity contribution is -0.274. The summed E-state index contributed by atoms with van der Waals surface area (Å²) in [4.78, 5) is 20.9. The van der Waals surface area contributed by atoms with E-state index in [1.54, 1.807) is 30.6 Å². The Morgan fingerprint density at radius 2 is 1.84 bits per heavy atom. The number of alkyl halides is 3. The number of rotatable bonds is 6. The minimum Gasteiger partial charge on any atom is -0.404 e. The van der Waals surface area contributed by atoms with E-state index in [-0.39, 0.29) is 11.4 Å². The van der Waals surface area contributed by atoms with Gasteiger partial charge >= 0.3 is 6.36 Å². The Hall–Kier alpha value is -3.99. The van der Waals surface area contributed by atoms with Crippen LogP contribution in [0, 0.1) is 0 Å². The lowest BCUT2D eigenvalue weighted by Crippen LogP contribution is -2.44. The van der Waals surface area contributed by atoms with E-state index in [9.17, 15) is 13.2 Å². The van der Waals surface area contributed by atoms with Crippen molar-refractivity contribution in [3.63, 3.8) is 0 Å². The molecule has 8 nitrogen and oxygen atoms in total. The standard InChI is InChI=1S/C26H24F3N7O/c27-26(28,29)37-21-4-2-1-3-19(21)33-22-13-17(7-8-32-22)24-34-20-15-31-14-18(16-5-6-16)23(20)25(35-24)36-11-9-30-10-12-36/h1-4,7-8,13-16,30H,5-6,9-12H2,(H,32,33). The fraction of sp³-hybridized carbons (Fsp3) is 0.308. The number of nitrogens with one attached hydrogen (secondary N) is 2. The van der Waals surface area contributed by atoms with Crippen molar-refractivity contribution in [3.8, 4) is 17.1 Å². The normalized spacial score (nSPS) is 16.1. The van der Waals surface area contributed by atoms with Gasteiger partial charge in [-0.3, -0.25) is 4.98 Å². The maximum absolute atomic E-state index is 12.9. The Bertz CT molecular complexity index is 1440. The molecule has 0 spiro atoms. The largest absolute Gasteiger partial charge is 0.573 e. The summed E-state index contributed by atoms with van der Waals surface area (Å²) >= 11 is 0. The quantitative estimate of drug-likeness (QED) is 0.376. The number of hydrogen-bond acceptors (Lipinski definition) is 8. The molecule has 190 valence electrons. The van der Waals surface area contributed by atoms with Gasteiger partial charge in [0.2, 0.25) is 0 Å². The van der Waals surface area contributed by atoms with Gasteiger partial charge in [-0.2, -0.15) is 0 Å². The van der Waals surface area contributed by atoms with E-state index in [1.165, 1.54) is 23.8 Å². The molecule has 1 aliphatic carbocycles. The number of benzene rings is 1. The number of para-hydroxylation sites is 2. The second kappa shape index (κ2) is 9.47. The highest BCUT2D eigenvalue weighted by Gasteiger charge is 2.32. The molecule has 4 heterocycles. The monoisotopic (exact) mass is 507 g/mol. The molecule has 2 N–H and O–H groups in total. The third kappa shape index (κ3) is 5.12. The molecule has 0 amide bonds. The van der Waals surface area contributed by atoms with Gasteiger partial charge in [-0.15, -0.1) is 13.2 Å². The lowest BCUT2D eigenvalue weighted by Gasteiger charge is -2.30.